The zero-order valence-corrected chi connectivity index (χ0v) is 8.95. The molecule has 0 aliphatic heterocycles. The van der Waals surface area contributed by atoms with Gasteiger partial charge in [-0.15, -0.1) is 0 Å². The van der Waals surface area contributed by atoms with Crippen LogP contribution < -0.4 is 5.32 Å². The fourth-order valence-electron chi connectivity index (χ4n) is 1.33. The largest absolute Gasteiger partial charge is 0.394 e. The van der Waals surface area contributed by atoms with E-state index in [2.05, 4.69) is 5.32 Å². The highest BCUT2D eigenvalue weighted by molar-refractivity contribution is 5.21. The molecule has 5 heteroatoms. The molecule has 0 fully saturated rings. The Morgan fingerprint density at radius 2 is 2.06 bits per heavy atom. The van der Waals surface area contributed by atoms with E-state index in [9.17, 15) is 8.78 Å². The van der Waals surface area contributed by atoms with Gasteiger partial charge in [0.25, 0.3) is 0 Å². The monoisotopic (exact) mass is 231 g/mol. The molecule has 0 spiro atoms. The van der Waals surface area contributed by atoms with E-state index in [1.165, 1.54) is 0 Å². The lowest BCUT2D eigenvalue weighted by atomic mass is 10.1. The van der Waals surface area contributed by atoms with Crippen molar-refractivity contribution in [2.24, 2.45) is 0 Å². The molecule has 1 rings (SSSR count). The Hall–Kier alpha value is -1.04. The summed E-state index contributed by atoms with van der Waals surface area (Å²) in [7, 11) is 0. The minimum Gasteiger partial charge on any atom is -0.394 e. The average molecular weight is 231 g/mol. The SMILES string of the molecule is CC(NCC(O)CO)c1cc(F)ccc1F. The number of hydrogen-bond donors (Lipinski definition) is 3. The summed E-state index contributed by atoms with van der Waals surface area (Å²) >= 11 is 0. The molecule has 2 atom stereocenters. The molecule has 0 heterocycles. The van der Waals surface area contributed by atoms with Gasteiger partial charge >= 0.3 is 0 Å². The van der Waals surface area contributed by atoms with Crippen molar-refractivity contribution in [1.82, 2.24) is 5.32 Å². The maximum Gasteiger partial charge on any atom is 0.128 e. The van der Waals surface area contributed by atoms with Crippen LogP contribution >= 0.6 is 0 Å². The van der Waals surface area contributed by atoms with Gasteiger partial charge in [0.2, 0.25) is 0 Å². The molecule has 0 aliphatic rings. The molecular formula is C11H15F2NO2. The molecule has 0 bridgehead atoms. The Labute approximate surface area is 92.7 Å². The summed E-state index contributed by atoms with van der Waals surface area (Å²) in [6.07, 6.45) is -0.904. The number of rotatable bonds is 5. The Morgan fingerprint density at radius 1 is 1.38 bits per heavy atom. The molecular weight excluding hydrogens is 216 g/mol. The van der Waals surface area contributed by atoms with Crippen molar-refractivity contribution in [2.45, 2.75) is 19.1 Å². The van der Waals surface area contributed by atoms with Gasteiger partial charge in [0, 0.05) is 18.2 Å². The van der Waals surface area contributed by atoms with Crippen LogP contribution in [0.4, 0.5) is 8.78 Å². The van der Waals surface area contributed by atoms with Gasteiger partial charge < -0.3 is 15.5 Å². The number of hydrogen-bond acceptors (Lipinski definition) is 3. The van der Waals surface area contributed by atoms with Crippen LogP contribution in [-0.2, 0) is 0 Å². The third-order valence-electron chi connectivity index (χ3n) is 2.29. The summed E-state index contributed by atoms with van der Waals surface area (Å²) in [5, 5.41) is 20.5. The highest BCUT2D eigenvalue weighted by atomic mass is 19.1. The van der Waals surface area contributed by atoms with Crippen LogP contribution in [0.3, 0.4) is 0 Å². The molecule has 0 saturated heterocycles. The Balaban J connectivity index is 2.65. The van der Waals surface area contributed by atoms with Gasteiger partial charge in [-0.3, -0.25) is 0 Å². The van der Waals surface area contributed by atoms with Crippen LogP contribution in [0.15, 0.2) is 18.2 Å². The van der Waals surface area contributed by atoms with Gasteiger partial charge in [-0.05, 0) is 25.1 Å². The lowest BCUT2D eigenvalue weighted by molar-refractivity contribution is 0.0922. The first-order valence-corrected chi connectivity index (χ1v) is 5.02. The molecule has 16 heavy (non-hydrogen) atoms. The van der Waals surface area contributed by atoms with E-state index in [4.69, 9.17) is 10.2 Å². The van der Waals surface area contributed by atoms with Gasteiger partial charge in [-0.25, -0.2) is 8.78 Å². The molecule has 0 aromatic heterocycles. The summed E-state index contributed by atoms with van der Waals surface area (Å²) in [5.74, 6) is -1.01. The summed E-state index contributed by atoms with van der Waals surface area (Å²) in [5.41, 5.74) is 0.199. The first-order valence-electron chi connectivity index (χ1n) is 5.02. The molecule has 0 amide bonds. The molecule has 0 aliphatic carbocycles. The van der Waals surface area contributed by atoms with Crippen molar-refractivity contribution >= 4 is 0 Å². The Morgan fingerprint density at radius 3 is 2.69 bits per heavy atom. The van der Waals surface area contributed by atoms with Crippen molar-refractivity contribution in [3.8, 4) is 0 Å². The standard InChI is InChI=1S/C11H15F2NO2/c1-7(14-5-9(16)6-15)10-4-8(12)2-3-11(10)13/h2-4,7,9,14-16H,5-6H2,1H3. The fourth-order valence-corrected chi connectivity index (χ4v) is 1.33. The number of aliphatic hydroxyl groups excluding tert-OH is 2. The maximum absolute atomic E-state index is 13.3. The van der Waals surface area contributed by atoms with Crippen LogP contribution in [0.2, 0.25) is 0 Å². The topological polar surface area (TPSA) is 52.5 Å². The number of benzene rings is 1. The molecule has 0 radical (unpaired) electrons. The highest BCUT2D eigenvalue weighted by Crippen LogP contribution is 2.17. The lowest BCUT2D eigenvalue weighted by Crippen LogP contribution is -2.31. The predicted molar refractivity (Wildman–Crippen MR) is 55.9 cm³/mol. The lowest BCUT2D eigenvalue weighted by Gasteiger charge is -2.17. The number of aliphatic hydroxyl groups is 2. The van der Waals surface area contributed by atoms with Crippen LogP contribution in [0.1, 0.15) is 18.5 Å². The smallest absolute Gasteiger partial charge is 0.128 e. The van der Waals surface area contributed by atoms with Crippen molar-refractivity contribution in [3.63, 3.8) is 0 Å². The Bertz CT molecular complexity index is 347. The van der Waals surface area contributed by atoms with E-state index in [-0.39, 0.29) is 18.7 Å². The van der Waals surface area contributed by atoms with Gasteiger partial charge in [0.15, 0.2) is 0 Å². The van der Waals surface area contributed by atoms with Crippen LogP contribution in [0, 0.1) is 11.6 Å². The van der Waals surface area contributed by atoms with E-state index < -0.39 is 23.8 Å². The van der Waals surface area contributed by atoms with E-state index in [0.29, 0.717) is 0 Å². The molecule has 1 aromatic rings. The van der Waals surface area contributed by atoms with E-state index in [0.717, 1.165) is 18.2 Å². The maximum atomic E-state index is 13.3. The quantitative estimate of drug-likeness (QED) is 0.707. The molecule has 0 saturated carbocycles. The van der Waals surface area contributed by atoms with Crippen molar-refractivity contribution < 1.29 is 19.0 Å². The zero-order chi connectivity index (χ0) is 12.1. The average Bonchev–Trinajstić information content (AvgIpc) is 2.28. The first-order chi connectivity index (χ1) is 7.54. The van der Waals surface area contributed by atoms with Crippen LogP contribution in [-0.4, -0.2) is 29.5 Å². The van der Waals surface area contributed by atoms with Crippen molar-refractivity contribution in [2.75, 3.05) is 13.2 Å². The van der Waals surface area contributed by atoms with Crippen LogP contribution in [0.25, 0.3) is 0 Å². The summed E-state index contributed by atoms with van der Waals surface area (Å²) in [6.45, 7) is 1.40. The second-order valence-electron chi connectivity index (χ2n) is 3.63. The first kappa shape index (κ1) is 13.0. The summed E-state index contributed by atoms with van der Waals surface area (Å²) < 4.78 is 26.2. The van der Waals surface area contributed by atoms with Crippen molar-refractivity contribution in [3.05, 3.63) is 35.4 Å². The third-order valence-corrected chi connectivity index (χ3v) is 2.29. The minimum atomic E-state index is -0.904. The molecule has 3 N–H and O–H groups in total. The molecule has 2 unspecified atom stereocenters. The van der Waals surface area contributed by atoms with E-state index in [1.54, 1.807) is 6.92 Å². The van der Waals surface area contributed by atoms with E-state index >= 15 is 0 Å². The van der Waals surface area contributed by atoms with Crippen molar-refractivity contribution in [1.29, 1.82) is 0 Å². The molecule has 90 valence electrons. The van der Waals surface area contributed by atoms with Gasteiger partial charge in [-0.1, -0.05) is 0 Å². The van der Waals surface area contributed by atoms with Gasteiger partial charge in [-0.2, -0.15) is 0 Å². The summed E-state index contributed by atoms with van der Waals surface area (Å²) in [4.78, 5) is 0. The number of nitrogens with one attached hydrogen (secondary N) is 1. The third kappa shape index (κ3) is 3.52. The molecule has 3 nitrogen and oxygen atoms in total. The minimum absolute atomic E-state index is 0.119. The Kier molecular flexibility index (Phi) is 4.79. The zero-order valence-electron chi connectivity index (χ0n) is 8.95. The highest BCUT2D eigenvalue weighted by Gasteiger charge is 2.12. The normalized spacial score (nSPS) is 14.8. The number of halogens is 2. The second-order valence-corrected chi connectivity index (χ2v) is 3.63. The fraction of sp³-hybridized carbons (Fsp3) is 0.455. The van der Waals surface area contributed by atoms with E-state index in [1.807, 2.05) is 0 Å². The second kappa shape index (κ2) is 5.89. The van der Waals surface area contributed by atoms with Crippen LogP contribution in [0.5, 0.6) is 0 Å². The summed E-state index contributed by atoms with van der Waals surface area (Å²) in [6, 6.07) is 2.79. The molecule has 1 aromatic carbocycles. The van der Waals surface area contributed by atoms with Gasteiger partial charge in [0.05, 0.1) is 12.7 Å². The van der Waals surface area contributed by atoms with Gasteiger partial charge in [0.1, 0.15) is 11.6 Å². The predicted octanol–water partition coefficient (Wildman–Crippen LogP) is 0.969.